The molecule has 2 unspecified atom stereocenters. The average Bonchev–Trinajstić information content (AvgIpc) is 2.40. The van der Waals surface area contributed by atoms with Crippen molar-refractivity contribution < 1.29 is 5.11 Å². The summed E-state index contributed by atoms with van der Waals surface area (Å²) >= 11 is 0. The van der Waals surface area contributed by atoms with E-state index in [1.807, 2.05) is 0 Å². The van der Waals surface area contributed by atoms with Crippen molar-refractivity contribution in [3.05, 3.63) is 35.4 Å². The predicted molar refractivity (Wildman–Crippen MR) is 80.2 cm³/mol. The smallest absolute Gasteiger partial charge is 0.0674 e. The highest BCUT2D eigenvalue weighted by atomic mass is 16.3. The standard InChI is InChI=1S/C17H27NO/c1-13-7-6-8-14(11-13)15(12-18)16(19)17(2)9-4-3-5-10-17/h6-8,11,15-16,19H,3-5,9-10,12,18H2,1-2H3. The van der Waals surface area contributed by atoms with E-state index in [2.05, 4.69) is 38.1 Å². The molecule has 1 aromatic carbocycles. The zero-order chi connectivity index (χ0) is 13.9. The second-order valence-electron chi connectivity index (χ2n) is 6.42. The molecular formula is C17H27NO. The van der Waals surface area contributed by atoms with Crippen LogP contribution in [-0.4, -0.2) is 17.8 Å². The maximum Gasteiger partial charge on any atom is 0.0674 e. The molecule has 1 aliphatic rings. The first kappa shape index (κ1) is 14.5. The molecular weight excluding hydrogens is 234 g/mol. The van der Waals surface area contributed by atoms with Crippen LogP contribution < -0.4 is 5.73 Å². The number of benzene rings is 1. The normalized spacial score (nSPS) is 21.9. The first-order valence-electron chi connectivity index (χ1n) is 7.51. The lowest BCUT2D eigenvalue weighted by Gasteiger charge is -2.41. The predicted octanol–water partition coefficient (Wildman–Crippen LogP) is 3.37. The zero-order valence-electron chi connectivity index (χ0n) is 12.2. The lowest BCUT2D eigenvalue weighted by atomic mass is 9.67. The van der Waals surface area contributed by atoms with E-state index in [9.17, 15) is 5.11 Å². The van der Waals surface area contributed by atoms with Gasteiger partial charge >= 0.3 is 0 Å². The van der Waals surface area contributed by atoms with Gasteiger partial charge in [0.1, 0.15) is 0 Å². The summed E-state index contributed by atoms with van der Waals surface area (Å²) in [6.45, 7) is 4.83. The monoisotopic (exact) mass is 261 g/mol. The molecule has 1 aliphatic carbocycles. The van der Waals surface area contributed by atoms with E-state index >= 15 is 0 Å². The highest BCUT2D eigenvalue weighted by Gasteiger charge is 2.38. The van der Waals surface area contributed by atoms with Crippen LogP contribution >= 0.6 is 0 Å². The van der Waals surface area contributed by atoms with Gasteiger partial charge in [0, 0.05) is 12.5 Å². The minimum absolute atomic E-state index is 0.0338. The van der Waals surface area contributed by atoms with Crippen LogP contribution in [0.25, 0.3) is 0 Å². The fraction of sp³-hybridized carbons (Fsp3) is 0.647. The number of hydrogen-bond donors (Lipinski definition) is 2. The molecule has 1 aromatic rings. The van der Waals surface area contributed by atoms with Gasteiger partial charge in [0.25, 0.3) is 0 Å². The number of aliphatic hydroxyl groups excluding tert-OH is 1. The molecule has 2 rings (SSSR count). The molecule has 1 fully saturated rings. The van der Waals surface area contributed by atoms with Gasteiger partial charge in [0.2, 0.25) is 0 Å². The first-order chi connectivity index (χ1) is 9.07. The lowest BCUT2D eigenvalue weighted by molar-refractivity contribution is -0.00750. The molecule has 3 N–H and O–H groups in total. The molecule has 0 aromatic heterocycles. The van der Waals surface area contributed by atoms with Crippen molar-refractivity contribution in [1.29, 1.82) is 0 Å². The fourth-order valence-electron chi connectivity index (χ4n) is 3.49. The average molecular weight is 261 g/mol. The molecule has 0 saturated heterocycles. The van der Waals surface area contributed by atoms with E-state index in [4.69, 9.17) is 5.73 Å². The maximum absolute atomic E-state index is 10.9. The summed E-state index contributed by atoms with van der Waals surface area (Å²) in [5.74, 6) is 0.0583. The van der Waals surface area contributed by atoms with Crippen molar-refractivity contribution in [3.63, 3.8) is 0 Å². The zero-order valence-corrected chi connectivity index (χ0v) is 12.2. The first-order valence-corrected chi connectivity index (χ1v) is 7.51. The molecule has 106 valence electrons. The Morgan fingerprint density at radius 3 is 2.53 bits per heavy atom. The number of aryl methyl sites for hydroxylation is 1. The van der Waals surface area contributed by atoms with Crippen molar-refractivity contribution in [2.75, 3.05) is 6.54 Å². The van der Waals surface area contributed by atoms with Gasteiger partial charge in [-0.25, -0.2) is 0 Å². The van der Waals surface area contributed by atoms with Crippen molar-refractivity contribution in [2.24, 2.45) is 11.1 Å². The number of hydrogen-bond acceptors (Lipinski definition) is 2. The highest BCUT2D eigenvalue weighted by Crippen LogP contribution is 2.43. The van der Waals surface area contributed by atoms with Crippen molar-refractivity contribution >= 4 is 0 Å². The van der Waals surface area contributed by atoms with Crippen LogP contribution in [0.4, 0.5) is 0 Å². The van der Waals surface area contributed by atoms with Crippen LogP contribution in [0.15, 0.2) is 24.3 Å². The largest absolute Gasteiger partial charge is 0.392 e. The fourth-order valence-corrected chi connectivity index (χ4v) is 3.49. The Balaban J connectivity index is 2.21. The molecule has 1 saturated carbocycles. The summed E-state index contributed by atoms with van der Waals surface area (Å²) < 4.78 is 0. The van der Waals surface area contributed by atoms with Crippen molar-refractivity contribution in [2.45, 2.75) is 58.0 Å². The summed E-state index contributed by atoms with van der Waals surface area (Å²) in [4.78, 5) is 0. The van der Waals surface area contributed by atoms with Crippen LogP contribution in [0.5, 0.6) is 0 Å². The topological polar surface area (TPSA) is 46.2 Å². The van der Waals surface area contributed by atoms with Gasteiger partial charge in [-0.15, -0.1) is 0 Å². The van der Waals surface area contributed by atoms with Gasteiger partial charge in [-0.3, -0.25) is 0 Å². The molecule has 0 spiro atoms. The lowest BCUT2D eigenvalue weighted by Crippen LogP contribution is -2.41. The Bertz CT molecular complexity index is 409. The second kappa shape index (κ2) is 6.06. The molecule has 19 heavy (non-hydrogen) atoms. The van der Waals surface area contributed by atoms with Gasteiger partial charge in [-0.2, -0.15) is 0 Å². The third kappa shape index (κ3) is 3.18. The summed E-state index contributed by atoms with van der Waals surface area (Å²) in [6, 6.07) is 8.40. The SMILES string of the molecule is Cc1cccc(C(CN)C(O)C2(C)CCCCC2)c1. The molecule has 2 atom stereocenters. The van der Waals surface area contributed by atoms with E-state index in [1.165, 1.54) is 30.4 Å². The van der Waals surface area contributed by atoms with Crippen LogP contribution in [0.3, 0.4) is 0 Å². The van der Waals surface area contributed by atoms with Gasteiger partial charge in [-0.1, -0.05) is 56.0 Å². The van der Waals surface area contributed by atoms with Crippen LogP contribution in [0.1, 0.15) is 56.1 Å². The second-order valence-corrected chi connectivity index (χ2v) is 6.42. The summed E-state index contributed by atoms with van der Waals surface area (Å²) in [5.41, 5.74) is 8.41. The minimum atomic E-state index is -0.334. The van der Waals surface area contributed by atoms with Crippen LogP contribution in [-0.2, 0) is 0 Å². The van der Waals surface area contributed by atoms with E-state index in [0.717, 1.165) is 12.8 Å². The number of rotatable bonds is 4. The van der Waals surface area contributed by atoms with E-state index in [1.54, 1.807) is 0 Å². The van der Waals surface area contributed by atoms with Gasteiger partial charge in [-0.05, 0) is 30.7 Å². The van der Waals surface area contributed by atoms with E-state index in [-0.39, 0.29) is 17.4 Å². The molecule has 0 bridgehead atoms. The summed E-state index contributed by atoms with van der Waals surface area (Å²) in [7, 11) is 0. The van der Waals surface area contributed by atoms with Gasteiger partial charge in [0.15, 0.2) is 0 Å². The minimum Gasteiger partial charge on any atom is -0.392 e. The van der Waals surface area contributed by atoms with Gasteiger partial charge in [0.05, 0.1) is 6.10 Å². The third-order valence-electron chi connectivity index (χ3n) is 4.82. The molecule has 0 aliphatic heterocycles. The number of nitrogens with two attached hydrogens (primary N) is 1. The van der Waals surface area contributed by atoms with E-state index < -0.39 is 0 Å². The van der Waals surface area contributed by atoms with Crippen LogP contribution in [0.2, 0.25) is 0 Å². The molecule has 0 heterocycles. The molecule has 0 radical (unpaired) electrons. The third-order valence-corrected chi connectivity index (χ3v) is 4.82. The van der Waals surface area contributed by atoms with E-state index in [0.29, 0.717) is 6.54 Å². The molecule has 0 amide bonds. The molecule has 2 nitrogen and oxygen atoms in total. The summed E-state index contributed by atoms with van der Waals surface area (Å²) in [6.07, 6.45) is 5.68. The van der Waals surface area contributed by atoms with Crippen molar-refractivity contribution in [1.82, 2.24) is 0 Å². The van der Waals surface area contributed by atoms with Gasteiger partial charge < -0.3 is 10.8 Å². The van der Waals surface area contributed by atoms with Crippen molar-refractivity contribution in [3.8, 4) is 0 Å². The maximum atomic E-state index is 10.9. The van der Waals surface area contributed by atoms with Crippen LogP contribution in [0, 0.1) is 12.3 Å². The summed E-state index contributed by atoms with van der Waals surface area (Å²) in [5, 5.41) is 10.9. The Morgan fingerprint density at radius 2 is 1.95 bits per heavy atom. The molecule has 2 heteroatoms. The Morgan fingerprint density at radius 1 is 1.26 bits per heavy atom. The number of aliphatic hydroxyl groups is 1. The quantitative estimate of drug-likeness (QED) is 0.873. The highest BCUT2D eigenvalue weighted by molar-refractivity contribution is 5.27. The Kier molecular flexibility index (Phi) is 4.64. The Labute approximate surface area is 117 Å². The Hall–Kier alpha value is -0.860.